The van der Waals surface area contributed by atoms with Crippen LogP contribution in [0.25, 0.3) is 0 Å². The number of aromatic nitrogens is 3. The number of nitrogens with zero attached hydrogens (tertiary/aromatic N) is 3. The van der Waals surface area contributed by atoms with Crippen LogP contribution in [0, 0.1) is 11.6 Å². The molecule has 0 aliphatic rings. The largest absolute Gasteiger partial charge is 0.350 e. The summed E-state index contributed by atoms with van der Waals surface area (Å²) in [6, 6.07) is 3.88. The maximum atomic E-state index is 13.3. The predicted octanol–water partition coefficient (Wildman–Crippen LogP) is 3.07. The Bertz CT molecular complexity index is 560. The van der Waals surface area contributed by atoms with E-state index in [1.807, 2.05) is 0 Å². The van der Waals surface area contributed by atoms with Crippen molar-refractivity contribution in [2.24, 2.45) is 0 Å². The van der Waals surface area contributed by atoms with Gasteiger partial charge in [0.2, 0.25) is 16.5 Å². The van der Waals surface area contributed by atoms with Gasteiger partial charge in [-0.2, -0.15) is 15.0 Å². The first-order chi connectivity index (χ1) is 8.56. The molecule has 0 fully saturated rings. The van der Waals surface area contributed by atoms with E-state index in [1.165, 1.54) is 12.1 Å². The molecule has 18 heavy (non-hydrogen) atoms. The van der Waals surface area contributed by atoms with Crippen molar-refractivity contribution < 1.29 is 8.78 Å². The zero-order valence-electron chi connectivity index (χ0n) is 8.79. The summed E-state index contributed by atoms with van der Waals surface area (Å²) in [5.41, 5.74) is 0.141. The summed E-state index contributed by atoms with van der Waals surface area (Å²) in [5.74, 6) is -1.75. The van der Waals surface area contributed by atoms with Gasteiger partial charge in [0.05, 0.1) is 0 Å². The summed E-state index contributed by atoms with van der Waals surface area (Å²) in [4.78, 5) is 11.0. The Hall–Kier alpha value is -1.53. The van der Waals surface area contributed by atoms with Gasteiger partial charge in [-0.1, -0.05) is 12.1 Å². The van der Waals surface area contributed by atoms with Gasteiger partial charge >= 0.3 is 0 Å². The molecule has 2 rings (SSSR count). The normalized spacial score (nSPS) is 10.4. The highest BCUT2D eigenvalue weighted by Gasteiger charge is 2.08. The molecule has 0 aliphatic heterocycles. The lowest BCUT2D eigenvalue weighted by molar-refractivity contribution is 0.500. The average molecular weight is 291 g/mol. The van der Waals surface area contributed by atoms with Crippen LogP contribution in [0.15, 0.2) is 18.2 Å². The van der Waals surface area contributed by atoms with Crippen LogP contribution in [-0.4, -0.2) is 15.0 Å². The van der Waals surface area contributed by atoms with E-state index < -0.39 is 11.6 Å². The van der Waals surface area contributed by atoms with Crippen molar-refractivity contribution in [2.75, 3.05) is 5.32 Å². The lowest BCUT2D eigenvalue weighted by Crippen LogP contribution is -2.07. The Morgan fingerprint density at radius 2 is 1.72 bits per heavy atom. The summed E-state index contributed by atoms with van der Waals surface area (Å²) in [6.07, 6.45) is 0. The second-order valence-electron chi connectivity index (χ2n) is 3.26. The van der Waals surface area contributed by atoms with E-state index in [9.17, 15) is 8.78 Å². The maximum absolute atomic E-state index is 13.3. The smallest absolute Gasteiger partial charge is 0.228 e. The van der Waals surface area contributed by atoms with Crippen LogP contribution in [0.3, 0.4) is 0 Å². The van der Waals surface area contributed by atoms with Crippen molar-refractivity contribution in [3.8, 4) is 0 Å². The van der Waals surface area contributed by atoms with Gasteiger partial charge in [0.1, 0.15) is 0 Å². The zero-order valence-corrected chi connectivity index (χ0v) is 10.3. The minimum atomic E-state index is -0.920. The Morgan fingerprint density at radius 3 is 2.39 bits per heavy atom. The molecule has 4 nitrogen and oxygen atoms in total. The molecule has 0 aliphatic carbocycles. The molecule has 0 bridgehead atoms. The van der Waals surface area contributed by atoms with E-state index in [2.05, 4.69) is 20.3 Å². The third-order valence-electron chi connectivity index (χ3n) is 2.05. The molecule has 94 valence electrons. The Morgan fingerprint density at radius 1 is 1.06 bits per heavy atom. The number of anilines is 1. The summed E-state index contributed by atoms with van der Waals surface area (Å²) in [5, 5.41) is 2.50. The van der Waals surface area contributed by atoms with E-state index in [0.717, 1.165) is 6.07 Å². The maximum Gasteiger partial charge on any atom is 0.228 e. The first kappa shape index (κ1) is 12.9. The van der Waals surface area contributed by atoms with Crippen molar-refractivity contribution in [3.05, 3.63) is 46.0 Å². The molecule has 0 unspecified atom stereocenters. The van der Waals surface area contributed by atoms with Crippen molar-refractivity contribution >= 4 is 29.2 Å². The van der Waals surface area contributed by atoms with Gasteiger partial charge in [-0.05, 0) is 29.3 Å². The molecule has 0 radical (unpaired) electrons. The number of rotatable bonds is 3. The van der Waals surface area contributed by atoms with Gasteiger partial charge in [-0.25, -0.2) is 8.78 Å². The molecule has 0 spiro atoms. The molecule has 0 saturated carbocycles. The standard InChI is InChI=1S/C10H6Cl2F2N4/c11-8-16-9(12)18-10(17-8)15-4-5-2-1-3-6(13)7(5)14/h1-3H,4H2,(H,15,16,17,18). The summed E-state index contributed by atoms with van der Waals surface area (Å²) in [7, 11) is 0. The number of nitrogens with one attached hydrogen (secondary N) is 1. The summed E-state index contributed by atoms with van der Waals surface area (Å²) >= 11 is 11.1. The number of hydrogen-bond acceptors (Lipinski definition) is 4. The molecule has 0 saturated heterocycles. The number of halogens is 4. The first-order valence-electron chi connectivity index (χ1n) is 4.80. The molecule has 0 atom stereocenters. The van der Waals surface area contributed by atoms with Crippen LogP contribution >= 0.6 is 23.2 Å². The number of benzene rings is 1. The van der Waals surface area contributed by atoms with Gasteiger partial charge in [-0.15, -0.1) is 0 Å². The van der Waals surface area contributed by atoms with Crippen LogP contribution in [-0.2, 0) is 6.54 Å². The van der Waals surface area contributed by atoms with Gasteiger partial charge in [0, 0.05) is 12.1 Å². The van der Waals surface area contributed by atoms with Crippen LogP contribution in [0.4, 0.5) is 14.7 Å². The van der Waals surface area contributed by atoms with Crippen molar-refractivity contribution in [3.63, 3.8) is 0 Å². The number of hydrogen-bond donors (Lipinski definition) is 1. The SMILES string of the molecule is Fc1cccc(CNc2nc(Cl)nc(Cl)n2)c1F. The molecule has 1 aromatic heterocycles. The van der Waals surface area contributed by atoms with Crippen LogP contribution in [0.5, 0.6) is 0 Å². The lowest BCUT2D eigenvalue weighted by atomic mass is 10.2. The van der Waals surface area contributed by atoms with E-state index >= 15 is 0 Å². The quantitative estimate of drug-likeness (QED) is 0.944. The Balaban J connectivity index is 2.14. The Kier molecular flexibility index (Phi) is 3.88. The minimum Gasteiger partial charge on any atom is -0.350 e. The van der Waals surface area contributed by atoms with Crippen LogP contribution in [0.2, 0.25) is 10.6 Å². The van der Waals surface area contributed by atoms with Crippen molar-refractivity contribution in [1.82, 2.24) is 15.0 Å². The second-order valence-corrected chi connectivity index (χ2v) is 3.94. The molecule has 1 N–H and O–H groups in total. The monoisotopic (exact) mass is 290 g/mol. The second kappa shape index (κ2) is 5.41. The molecule has 0 amide bonds. The van der Waals surface area contributed by atoms with E-state index in [1.54, 1.807) is 0 Å². The van der Waals surface area contributed by atoms with Gasteiger partial charge < -0.3 is 5.32 Å². The molecule has 1 heterocycles. The first-order valence-corrected chi connectivity index (χ1v) is 5.55. The fourth-order valence-corrected chi connectivity index (χ4v) is 1.63. The molecule has 1 aromatic carbocycles. The molecule has 2 aromatic rings. The molecule has 8 heteroatoms. The van der Waals surface area contributed by atoms with Gasteiger partial charge in [0.25, 0.3) is 0 Å². The average Bonchev–Trinajstić information content (AvgIpc) is 2.30. The van der Waals surface area contributed by atoms with Crippen LogP contribution < -0.4 is 5.32 Å². The summed E-state index contributed by atoms with van der Waals surface area (Å²) in [6.45, 7) is 0.000262. The third-order valence-corrected chi connectivity index (χ3v) is 2.39. The van der Waals surface area contributed by atoms with Crippen molar-refractivity contribution in [2.45, 2.75) is 6.54 Å². The van der Waals surface area contributed by atoms with Crippen LogP contribution in [0.1, 0.15) is 5.56 Å². The summed E-state index contributed by atoms with van der Waals surface area (Å²) < 4.78 is 26.3. The molecular weight excluding hydrogens is 285 g/mol. The highest BCUT2D eigenvalue weighted by atomic mass is 35.5. The topological polar surface area (TPSA) is 50.7 Å². The van der Waals surface area contributed by atoms with E-state index in [4.69, 9.17) is 23.2 Å². The predicted molar refractivity (Wildman–Crippen MR) is 63.5 cm³/mol. The fourth-order valence-electron chi connectivity index (χ4n) is 1.26. The lowest BCUT2D eigenvalue weighted by Gasteiger charge is -2.06. The third kappa shape index (κ3) is 3.02. The fraction of sp³-hybridized carbons (Fsp3) is 0.100. The van der Waals surface area contributed by atoms with Gasteiger partial charge in [0.15, 0.2) is 11.6 Å². The van der Waals surface area contributed by atoms with Gasteiger partial charge in [-0.3, -0.25) is 0 Å². The minimum absolute atomic E-state index is 0.000262. The van der Waals surface area contributed by atoms with E-state index in [0.29, 0.717) is 0 Å². The highest BCUT2D eigenvalue weighted by Crippen LogP contribution is 2.14. The van der Waals surface area contributed by atoms with Crippen molar-refractivity contribution in [1.29, 1.82) is 0 Å². The zero-order chi connectivity index (χ0) is 13.1. The molecular formula is C10H6Cl2F2N4. The Labute approximate surface area is 111 Å². The highest BCUT2D eigenvalue weighted by molar-refractivity contribution is 6.31. The van der Waals surface area contributed by atoms with E-state index in [-0.39, 0.29) is 28.6 Å².